The van der Waals surface area contributed by atoms with E-state index < -0.39 is 0 Å². The summed E-state index contributed by atoms with van der Waals surface area (Å²) in [5.41, 5.74) is 0.632. The van der Waals surface area contributed by atoms with Crippen LogP contribution in [0.2, 0.25) is 0 Å². The fraction of sp³-hybridized carbons (Fsp3) is 0.308. The van der Waals surface area contributed by atoms with E-state index >= 15 is 0 Å². The van der Waals surface area contributed by atoms with Gasteiger partial charge in [-0.1, -0.05) is 0 Å². The third kappa shape index (κ3) is 2.93. The number of imidazole rings is 1. The highest BCUT2D eigenvalue weighted by Crippen LogP contribution is 2.07. The highest BCUT2D eigenvalue weighted by Gasteiger charge is 2.03. The zero-order valence-corrected chi connectivity index (χ0v) is 10.9. The number of aromatic nitrogens is 5. The SMILES string of the molecule is Fc1ccc2nc(NCCCCn3ccnc3)nn2c1. The summed E-state index contributed by atoms with van der Waals surface area (Å²) in [6.07, 6.45) is 8.90. The van der Waals surface area contributed by atoms with Gasteiger partial charge in [0.2, 0.25) is 5.95 Å². The van der Waals surface area contributed by atoms with Gasteiger partial charge in [0.1, 0.15) is 5.82 Å². The number of nitrogens with one attached hydrogen (secondary N) is 1. The molecular weight excluding hydrogens is 259 g/mol. The van der Waals surface area contributed by atoms with Gasteiger partial charge < -0.3 is 9.88 Å². The molecule has 7 heteroatoms. The maximum Gasteiger partial charge on any atom is 0.243 e. The Balaban J connectivity index is 1.47. The van der Waals surface area contributed by atoms with E-state index in [9.17, 15) is 4.39 Å². The summed E-state index contributed by atoms with van der Waals surface area (Å²) in [6, 6.07) is 2.98. The second kappa shape index (κ2) is 5.68. The molecule has 0 amide bonds. The largest absolute Gasteiger partial charge is 0.353 e. The number of unbranched alkanes of at least 4 members (excludes halogenated alkanes) is 1. The van der Waals surface area contributed by atoms with Gasteiger partial charge in [0, 0.05) is 25.5 Å². The highest BCUT2D eigenvalue weighted by molar-refractivity contribution is 5.42. The number of hydrogen-bond donors (Lipinski definition) is 1. The van der Waals surface area contributed by atoms with E-state index in [2.05, 4.69) is 20.4 Å². The van der Waals surface area contributed by atoms with Crippen molar-refractivity contribution in [1.82, 2.24) is 24.1 Å². The fourth-order valence-corrected chi connectivity index (χ4v) is 1.97. The van der Waals surface area contributed by atoms with Crippen LogP contribution in [0.15, 0.2) is 37.1 Å². The summed E-state index contributed by atoms with van der Waals surface area (Å²) in [7, 11) is 0. The van der Waals surface area contributed by atoms with E-state index in [1.54, 1.807) is 12.3 Å². The second-order valence-corrected chi connectivity index (χ2v) is 4.52. The number of hydrogen-bond acceptors (Lipinski definition) is 4. The van der Waals surface area contributed by atoms with Gasteiger partial charge in [0.25, 0.3) is 0 Å². The Labute approximate surface area is 115 Å². The van der Waals surface area contributed by atoms with Crippen molar-refractivity contribution >= 4 is 11.6 Å². The van der Waals surface area contributed by atoms with Crippen molar-refractivity contribution in [2.75, 3.05) is 11.9 Å². The molecule has 3 rings (SSSR count). The molecular formula is C13H15FN6. The van der Waals surface area contributed by atoms with Crippen molar-refractivity contribution in [2.45, 2.75) is 19.4 Å². The van der Waals surface area contributed by atoms with Gasteiger partial charge in [-0.05, 0) is 25.0 Å². The molecule has 0 bridgehead atoms. The first-order valence-corrected chi connectivity index (χ1v) is 6.53. The Morgan fingerprint density at radius 3 is 3.05 bits per heavy atom. The monoisotopic (exact) mass is 274 g/mol. The lowest BCUT2D eigenvalue weighted by Gasteiger charge is -2.02. The zero-order chi connectivity index (χ0) is 13.8. The average Bonchev–Trinajstić information content (AvgIpc) is 3.06. The van der Waals surface area contributed by atoms with Gasteiger partial charge in [-0.3, -0.25) is 0 Å². The predicted octanol–water partition coefficient (Wildman–Crippen LogP) is 1.96. The predicted molar refractivity (Wildman–Crippen MR) is 72.9 cm³/mol. The molecule has 0 aliphatic heterocycles. The smallest absolute Gasteiger partial charge is 0.243 e. The molecule has 20 heavy (non-hydrogen) atoms. The molecule has 3 heterocycles. The number of anilines is 1. The summed E-state index contributed by atoms with van der Waals surface area (Å²) in [5.74, 6) is 0.201. The van der Waals surface area contributed by atoms with E-state index in [0.717, 1.165) is 25.9 Å². The Bertz CT molecular complexity index is 675. The number of fused-ring (bicyclic) bond motifs is 1. The van der Waals surface area contributed by atoms with Crippen molar-refractivity contribution in [3.8, 4) is 0 Å². The molecule has 0 radical (unpaired) electrons. The van der Waals surface area contributed by atoms with Crippen LogP contribution in [0, 0.1) is 5.82 Å². The molecule has 104 valence electrons. The molecule has 0 atom stereocenters. The van der Waals surface area contributed by atoms with Crippen LogP contribution < -0.4 is 5.32 Å². The van der Waals surface area contributed by atoms with Crippen molar-refractivity contribution < 1.29 is 4.39 Å². The lowest BCUT2D eigenvalue weighted by molar-refractivity contribution is 0.614. The Morgan fingerprint density at radius 2 is 2.20 bits per heavy atom. The van der Waals surface area contributed by atoms with E-state index in [0.29, 0.717) is 11.6 Å². The normalized spacial score (nSPS) is 11.1. The molecule has 6 nitrogen and oxygen atoms in total. The van der Waals surface area contributed by atoms with Crippen molar-refractivity contribution in [1.29, 1.82) is 0 Å². The van der Waals surface area contributed by atoms with E-state index in [-0.39, 0.29) is 5.82 Å². The maximum absolute atomic E-state index is 13.0. The number of aryl methyl sites for hydroxylation is 1. The molecule has 0 unspecified atom stereocenters. The lowest BCUT2D eigenvalue weighted by atomic mass is 10.3. The van der Waals surface area contributed by atoms with Crippen LogP contribution in [0.25, 0.3) is 5.65 Å². The van der Waals surface area contributed by atoms with Crippen LogP contribution in [0.4, 0.5) is 10.3 Å². The molecule has 0 aliphatic carbocycles. The number of halogens is 1. The van der Waals surface area contributed by atoms with Gasteiger partial charge in [0.05, 0.1) is 12.5 Å². The van der Waals surface area contributed by atoms with Crippen molar-refractivity contribution in [3.05, 3.63) is 42.9 Å². The van der Waals surface area contributed by atoms with E-state index in [1.807, 2.05) is 17.1 Å². The maximum atomic E-state index is 13.0. The molecule has 3 aromatic heterocycles. The topological polar surface area (TPSA) is 60.0 Å². The van der Waals surface area contributed by atoms with Crippen LogP contribution in [-0.4, -0.2) is 30.7 Å². The number of nitrogens with zero attached hydrogens (tertiary/aromatic N) is 5. The first-order valence-electron chi connectivity index (χ1n) is 6.53. The summed E-state index contributed by atoms with van der Waals surface area (Å²) < 4.78 is 16.5. The molecule has 0 saturated carbocycles. The Kier molecular flexibility index (Phi) is 3.58. The van der Waals surface area contributed by atoms with Crippen LogP contribution in [0.1, 0.15) is 12.8 Å². The third-order valence-corrected chi connectivity index (χ3v) is 2.98. The summed E-state index contributed by atoms with van der Waals surface area (Å²) in [6.45, 7) is 1.74. The second-order valence-electron chi connectivity index (χ2n) is 4.52. The zero-order valence-electron chi connectivity index (χ0n) is 10.9. The van der Waals surface area contributed by atoms with Gasteiger partial charge in [-0.25, -0.2) is 13.9 Å². The number of rotatable bonds is 6. The molecule has 0 aliphatic rings. The molecule has 0 aromatic carbocycles. The van der Waals surface area contributed by atoms with Crippen LogP contribution in [0.5, 0.6) is 0 Å². The lowest BCUT2D eigenvalue weighted by Crippen LogP contribution is -2.05. The summed E-state index contributed by atoms with van der Waals surface area (Å²) >= 11 is 0. The first-order chi connectivity index (χ1) is 9.81. The molecule has 0 saturated heterocycles. The van der Waals surface area contributed by atoms with Gasteiger partial charge in [-0.15, -0.1) is 5.10 Å². The van der Waals surface area contributed by atoms with Crippen molar-refractivity contribution in [2.24, 2.45) is 0 Å². The van der Waals surface area contributed by atoms with Gasteiger partial charge in [0.15, 0.2) is 5.65 Å². The minimum atomic E-state index is -0.325. The Hall–Kier alpha value is -2.44. The third-order valence-electron chi connectivity index (χ3n) is 2.98. The average molecular weight is 274 g/mol. The molecule has 0 spiro atoms. The minimum absolute atomic E-state index is 0.325. The van der Waals surface area contributed by atoms with Crippen LogP contribution in [-0.2, 0) is 6.54 Å². The minimum Gasteiger partial charge on any atom is -0.353 e. The standard InChI is InChI=1S/C13H15FN6/c14-11-3-4-12-17-13(18-20(12)9-11)16-5-1-2-7-19-8-6-15-10-19/h3-4,6,8-10H,1-2,5,7H2,(H,16,18). The van der Waals surface area contributed by atoms with E-state index in [1.165, 1.54) is 16.8 Å². The molecule has 3 aromatic rings. The molecule has 1 N–H and O–H groups in total. The fourth-order valence-electron chi connectivity index (χ4n) is 1.97. The number of pyridine rings is 1. The quantitative estimate of drug-likeness (QED) is 0.698. The van der Waals surface area contributed by atoms with Gasteiger partial charge >= 0.3 is 0 Å². The van der Waals surface area contributed by atoms with E-state index in [4.69, 9.17) is 0 Å². The van der Waals surface area contributed by atoms with Crippen LogP contribution >= 0.6 is 0 Å². The van der Waals surface area contributed by atoms with Crippen molar-refractivity contribution in [3.63, 3.8) is 0 Å². The van der Waals surface area contributed by atoms with Crippen LogP contribution in [0.3, 0.4) is 0 Å². The van der Waals surface area contributed by atoms with Gasteiger partial charge in [-0.2, -0.15) is 4.98 Å². The highest BCUT2D eigenvalue weighted by atomic mass is 19.1. The summed E-state index contributed by atoms with van der Waals surface area (Å²) in [4.78, 5) is 8.25. The Morgan fingerprint density at radius 1 is 1.25 bits per heavy atom. The molecule has 0 fully saturated rings. The summed E-state index contributed by atoms with van der Waals surface area (Å²) in [5, 5.41) is 7.30. The first kappa shape index (κ1) is 12.6.